The van der Waals surface area contributed by atoms with Crippen LogP contribution >= 0.6 is 0 Å². The summed E-state index contributed by atoms with van der Waals surface area (Å²) < 4.78 is 1.83. The summed E-state index contributed by atoms with van der Waals surface area (Å²) in [5.41, 5.74) is 15.3. The van der Waals surface area contributed by atoms with Crippen molar-refractivity contribution in [1.82, 2.24) is 14.5 Å². The minimum atomic E-state index is 0.280. The first kappa shape index (κ1) is 13.9. The first-order valence-corrected chi connectivity index (χ1v) is 6.95. The molecule has 0 radical (unpaired) electrons. The topological polar surface area (TPSA) is 107 Å². The molecule has 22 heavy (non-hydrogen) atoms. The zero-order valence-electron chi connectivity index (χ0n) is 12.2. The third-order valence-corrected chi connectivity index (χ3v) is 3.77. The van der Waals surface area contributed by atoms with E-state index in [1.807, 2.05) is 4.57 Å². The second-order valence-corrected chi connectivity index (χ2v) is 5.22. The Morgan fingerprint density at radius 3 is 2.59 bits per heavy atom. The Kier molecular flexibility index (Phi) is 3.39. The lowest BCUT2D eigenvalue weighted by molar-refractivity contribution is 0.724. The van der Waals surface area contributed by atoms with Gasteiger partial charge in [-0.25, -0.2) is 9.97 Å². The monoisotopic (exact) mass is 292 g/mol. The predicted octanol–water partition coefficient (Wildman–Crippen LogP) is 2.02. The van der Waals surface area contributed by atoms with E-state index in [1.54, 1.807) is 0 Å². The SMILES string of the molecule is Cc1ccc(CCn2c(N)c(C#N)c3c(N)ncnc32)cc1. The van der Waals surface area contributed by atoms with E-state index >= 15 is 0 Å². The van der Waals surface area contributed by atoms with E-state index in [2.05, 4.69) is 47.2 Å². The van der Waals surface area contributed by atoms with Crippen LogP contribution in [0.15, 0.2) is 30.6 Å². The fourth-order valence-corrected chi connectivity index (χ4v) is 2.55. The van der Waals surface area contributed by atoms with Crippen LogP contribution in [0, 0.1) is 18.3 Å². The van der Waals surface area contributed by atoms with Crippen molar-refractivity contribution >= 4 is 22.7 Å². The Morgan fingerprint density at radius 2 is 1.91 bits per heavy atom. The molecule has 3 rings (SSSR count). The van der Waals surface area contributed by atoms with Gasteiger partial charge in [0.1, 0.15) is 35.2 Å². The van der Waals surface area contributed by atoms with Gasteiger partial charge in [-0.05, 0) is 18.9 Å². The molecule has 0 saturated carbocycles. The van der Waals surface area contributed by atoms with Crippen molar-refractivity contribution < 1.29 is 0 Å². The largest absolute Gasteiger partial charge is 0.384 e. The van der Waals surface area contributed by atoms with Gasteiger partial charge < -0.3 is 16.0 Å². The summed E-state index contributed by atoms with van der Waals surface area (Å²) in [4.78, 5) is 8.18. The molecule has 0 aliphatic heterocycles. The molecule has 0 amide bonds. The number of benzene rings is 1. The van der Waals surface area contributed by atoms with Crippen LogP contribution in [0.4, 0.5) is 11.6 Å². The molecule has 0 bridgehead atoms. The molecule has 6 heteroatoms. The molecular weight excluding hydrogens is 276 g/mol. The normalized spacial score (nSPS) is 10.7. The standard InChI is InChI=1S/C16H16N6/c1-10-2-4-11(5-3-10)6-7-22-15(19)12(8-17)13-14(18)20-9-21-16(13)22/h2-5,9H,6-7,19H2,1H3,(H2,18,20,21). The number of nitrogens with zero attached hydrogens (tertiary/aromatic N) is 4. The maximum absolute atomic E-state index is 9.32. The second-order valence-electron chi connectivity index (χ2n) is 5.22. The van der Waals surface area contributed by atoms with Crippen LogP contribution in [0.3, 0.4) is 0 Å². The summed E-state index contributed by atoms with van der Waals surface area (Å²) in [5.74, 6) is 0.666. The first-order chi connectivity index (χ1) is 10.6. The van der Waals surface area contributed by atoms with Crippen LogP contribution in [0.2, 0.25) is 0 Å². The van der Waals surface area contributed by atoms with Crippen LogP contribution in [-0.4, -0.2) is 14.5 Å². The summed E-state index contributed by atoms with van der Waals surface area (Å²) in [6, 6.07) is 10.4. The Balaban J connectivity index is 2.01. The Morgan fingerprint density at radius 1 is 1.18 bits per heavy atom. The third-order valence-electron chi connectivity index (χ3n) is 3.77. The number of aryl methyl sites for hydroxylation is 3. The van der Waals surface area contributed by atoms with Crippen LogP contribution in [0.1, 0.15) is 16.7 Å². The van der Waals surface area contributed by atoms with Crippen LogP contribution in [-0.2, 0) is 13.0 Å². The highest BCUT2D eigenvalue weighted by molar-refractivity contribution is 5.96. The van der Waals surface area contributed by atoms with Crippen molar-refractivity contribution in [2.45, 2.75) is 19.9 Å². The van der Waals surface area contributed by atoms with E-state index in [-0.39, 0.29) is 5.82 Å². The average Bonchev–Trinajstić information content (AvgIpc) is 2.79. The Bertz CT molecular complexity index is 870. The molecule has 2 heterocycles. The van der Waals surface area contributed by atoms with E-state index in [4.69, 9.17) is 11.5 Å². The van der Waals surface area contributed by atoms with Crippen molar-refractivity contribution in [3.05, 3.63) is 47.3 Å². The molecule has 0 unspecified atom stereocenters. The van der Waals surface area contributed by atoms with E-state index in [0.717, 1.165) is 6.42 Å². The number of nitrogen functional groups attached to an aromatic ring is 2. The van der Waals surface area contributed by atoms with E-state index in [0.29, 0.717) is 29.0 Å². The fourth-order valence-electron chi connectivity index (χ4n) is 2.55. The van der Waals surface area contributed by atoms with Gasteiger partial charge in [0, 0.05) is 6.54 Å². The molecule has 0 aliphatic carbocycles. The number of fused-ring (bicyclic) bond motifs is 1. The van der Waals surface area contributed by atoms with Gasteiger partial charge in [0.2, 0.25) is 0 Å². The van der Waals surface area contributed by atoms with Gasteiger partial charge in [-0.15, -0.1) is 0 Å². The number of anilines is 2. The molecule has 0 fully saturated rings. The Hall–Kier alpha value is -3.07. The van der Waals surface area contributed by atoms with Crippen LogP contribution in [0.25, 0.3) is 11.0 Å². The number of nitrogens with two attached hydrogens (primary N) is 2. The summed E-state index contributed by atoms with van der Waals surface area (Å²) in [5, 5.41) is 9.85. The molecule has 0 atom stereocenters. The highest BCUT2D eigenvalue weighted by atomic mass is 15.1. The summed E-state index contributed by atoms with van der Waals surface area (Å²) >= 11 is 0. The highest BCUT2D eigenvalue weighted by Crippen LogP contribution is 2.29. The number of aromatic nitrogens is 3. The third kappa shape index (κ3) is 2.23. The lowest BCUT2D eigenvalue weighted by Gasteiger charge is -2.07. The van der Waals surface area contributed by atoms with Gasteiger partial charge in [0.05, 0.1) is 5.39 Å². The highest BCUT2D eigenvalue weighted by Gasteiger charge is 2.18. The second kappa shape index (κ2) is 5.37. The molecule has 1 aromatic carbocycles. The van der Waals surface area contributed by atoms with E-state index < -0.39 is 0 Å². The lowest BCUT2D eigenvalue weighted by Crippen LogP contribution is -2.06. The number of rotatable bonds is 3. The van der Waals surface area contributed by atoms with Gasteiger partial charge in [-0.2, -0.15) is 5.26 Å². The van der Waals surface area contributed by atoms with Crippen LogP contribution < -0.4 is 11.5 Å². The fraction of sp³-hybridized carbons (Fsp3) is 0.188. The van der Waals surface area contributed by atoms with Crippen LogP contribution in [0.5, 0.6) is 0 Å². The zero-order chi connectivity index (χ0) is 15.7. The quantitative estimate of drug-likeness (QED) is 0.768. The maximum atomic E-state index is 9.32. The number of nitriles is 1. The summed E-state index contributed by atoms with van der Waals surface area (Å²) in [6.07, 6.45) is 2.18. The Labute approximate surface area is 128 Å². The minimum absolute atomic E-state index is 0.280. The maximum Gasteiger partial charge on any atom is 0.148 e. The van der Waals surface area contributed by atoms with Gasteiger partial charge in [0.15, 0.2) is 0 Å². The lowest BCUT2D eigenvalue weighted by atomic mass is 10.1. The van der Waals surface area contributed by atoms with Crippen molar-refractivity contribution in [1.29, 1.82) is 5.26 Å². The van der Waals surface area contributed by atoms with E-state index in [9.17, 15) is 5.26 Å². The van der Waals surface area contributed by atoms with Gasteiger partial charge in [-0.1, -0.05) is 29.8 Å². The summed E-state index contributed by atoms with van der Waals surface area (Å²) in [7, 11) is 0. The molecular formula is C16H16N6. The molecule has 110 valence electrons. The van der Waals surface area contributed by atoms with Gasteiger partial charge in [-0.3, -0.25) is 0 Å². The number of hydrogen-bond acceptors (Lipinski definition) is 5. The zero-order valence-corrected chi connectivity index (χ0v) is 12.2. The summed E-state index contributed by atoms with van der Waals surface area (Å²) in [6.45, 7) is 2.68. The molecule has 3 aromatic rings. The molecule has 2 aromatic heterocycles. The van der Waals surface area contributed by atoms with Crippen molar-refractivity contribution in [3.63, 3.8) is 0 Å². The number of hydrogen-bond donors (Lipinski definition) is 2. The van der Waals surface area contributed by atoms with Crippen molar-refractivity contribution in [2.24, 2.45) is 0 Å². The smallest absolute Gasteiger partial charge is 0.148 e. The van der Waals surface area contributed by atoms with Crippen molar-refractivity contribution in [2.75, 3.05) is 11.5 Å². The molecule has 6 nitrogen and oxygen atoms in total. The molecule has 0 aliphatic rings. The molecule has 0 saturated heterocycles. The van der Waals surface area contributed by atoms with Gasteiger partial charge >= 0.3 is 0 Å². The first-order valence-electron chi connectivity index (χ1n) is 6.95. The predicted molar refractivity (Wildman–Crippen MR) is 86.0 cm³/mol. The molecule has 4 N–H and O–H groups in total. The average molecular weight is 292 g/mol. The van der Waals surface area contributed by atoms with Crippen molar-refractivity contribution in [3.8, 4) is 6.07 Å². The minimum Gasteiger partial charge on any atom is -0.384 e. The van der Waals surface area contributed by atoms with Gasteiger partial charge in [0.25, 0.3) is 0 Å². The molecule has 0 spiro atoms. The van der Waals surface area contributed by atoms with E-state index in [1.165, 1.54) is 17.5 Å².